The summed E-state index contributed by atoms with van der Waals surface area (Å²) in [5, 5.41) is 0.515. The molecule has 1 amide bonds. The van der Waals surface area contributed by atoms with E-state index in [1.165, 1.54) is 23.1 Å². The lowest BCUT2D eigenvalue weighted by Crippen LogP contribution is -2.39. The van der Waals surface area contributed by atoms with E-state index in [4.69, 9.17) is 11.6 Å². The average molecular weight is 408 g/mol. The van der Waals surface area contributed by atoms with Crippen molar-refractivity contribution in [2.75, 3.05) is 11.5 Å². The van der Waals surface area contributed by atoms with Crippen molar-refractivity contribution in [2.45, 2.75) is 19.0 Å². The van der Waals surface area contributed by atoms with E-state index in [1.807, 2.05) is 6.07 Å². The van der Waals surface area contributed by atoms with Gasteiger partial charge in [0.2, 0.25) is 5.91 Å². The fourth-order valence-electron chi connectivity index (χ4n) is 3.11. The number of benzene rings is 2. The monoisotopic (exact) mass is 407 g/mol. The fourth-order valence-corrected chi connectivity index (χ4v) is 5.04. The summed E-state index contributed by atoms with van der Waals surface area (Å²) >= 11 is 6.10. The van der Waals surface area contributed by atoms with Crippen molar-refractivity contribution in [1.29, 1.82) is 0 Å². The Morgan fingerprint density at radius 2 is 2.00 bits per heavy atom. The maximum atomic E-state index is 13.5. The molecule has 3 rings (SSSR count). The maximum Gasteiger partial charge on any atom is 0.247 e. The Balaban J connectivity index is 1.84. The molecule has 4 nitrogen and oxygen atoms in total. The van der Waals surface area contributed by atoms with Crippen LogP contribution in [0.2, 0.25) is 5.02 Å². The van der Waals surface area contributed by atoms with Crippen molar-refractivity contribution < 1.29 is 17.6 Å². The molecule has 2 aromatic rings. The normalized spacial score (nSPS) is 18.7. The average Bonchev–Trinajstić information content (AvgIpc) is 2.98. The third-order valence-electron chi connectivity index (χ3n) is 4.48. The molecule has 0 radical (unpaired) electrons. The summed E-state index contributed by atoms with van der Waals surface area (Å²) in [6.45, 7) is 0.143. The molecule has 0 bridgehead atoms. The molecule has 1 saturated heterocycles. The minimum atomic E-state index is -3.16. The second kappa shape index (κ2) is 8.23. The molecule has 0 saturated carbocycles. The van der Waals surface area contributed by atoms with E-state index in [0.717, 1.165) is 0 Å². The lowest BCUT2D eigenvalue weighted by Gasteiger charge is -2.27. The van der Waals surface area contributed by atoms with Crippen molar-refractivity contribution in [2.24, 2.45) is 0 Å². The van der Waals surface area contributed by atoms with Crippen LogP contribution in [0.1, 0.15) is 17.5 Å². The van der Waals surface area contributed by atoms with Gasteiger partial charge in [-0.1, -0.05) is 41.9 Å². The molecule has 7 heteroatoms. The zero-order valence-corrected chi connectivity index (χ0v) is 16.1. The summed E-state index contributed by atoms with van der Waals surface area (Å²) in [7, 11) is -3.16. The van der Waals surface area contributed by atoms with Crippen molar-refractivity contribution in [1.82, 2.24) is 4.90 Å². The van der Waals surface area contributed by atoms with Gasteiger partial charge in [-0.25, -0.2) is 12.8 Å². The molecule has 142 valence electrons. The summed E-state index contributed by atoms with van der Waals surface area (Å²) in [5.74, 6) is -0.751. The summed E-state index contributed by atoms with van der Waals surface area (Å²) in [6.07, 6.45) is 3.36. The Bertz CT molecular complexity index is 975. The molecule has 1 aliphatic rings. The van der Waals surface area contributed by atoms with Crippen molar-refractivity contribution >= 4 is 33.4 Å². The highest BCUT2D eigenvalue weighted by molar-refractivity contribution is 7.91. The van der Waals surface area contributed by atoms with Gasteiger partial charge in [-0.05, 0) is 41.8 Å². The number of amides is 1. The van der Waals surface area contributed by atoms with E-state index in [0.29, 0.717) is 22.6 Å². The third kappa shape index (κ3) is 5.17. The van der Waals surface area contributed by atoms with Crippen LogP contribution < -0.4 is 0 Å². The molecule has 27 heavy (non-hydrogen) atoms. The van der Waals surface area contributed by atoms with Gasteiger partial charge in [0.1, 0.15) is 5.82 Å². The van der Waals surface area contributed by atoms with Crippen LogP contribution in [-0.2, 0) is 21.2 Å². The van der Waals surface area contributed by atoms with Crippen LogP contribution in [0.15, 0.2) is 54.6 Å². The molecule has 0 aliphatic carbocycles. The van der Waals surface area contributed by atoms with E-state index in [2.05, 4.69) is 0 Å². The highest BCUT2D eigenvalue weighted by Crippen LogP contribution is 2.22. The molecular weight excluding hydrogens is 389 g/mol. The van der Waals surface area contributed by atoms with Gasteiger partial charge in [0, 0.05) is 23.7 Å². The number of rotatable bonds is 5. The van der Waals surface area contributed by atoms with Gasteiger partial charge in [-0.2, -0.15) is 0 Å². The fraction of sp³-hybridized carbons (Fsp3) is 0.250. The number of nitrogens with zero attached hydrogens (tertiary/aromatic N) is 1. The van der Waals surface area contributed by atoms with E-state index < -0.39 is 21.7 Å². The molecule has 0 spiro atoms. The van der Waals surface area contributed by atoms with Gasteiger partial charge >= 0.3 is 0 Å². The topological polar surface area (TPSA) is 54.5 Å². The first-order chi connectivity index (χ1) is 12.8. The molecule has 2 aromatic carbocycles. The Hall–Kier alpha value is -2.18. The first kappa shape index (κ1) is 19.6. The van der Waals surface area contributed by atoms with Crippen molar-refractivity contribution in [3.8, 4) is 0 Å². The quantitative estimate of drug-likeness (QED) is 0.710. The predicted octanol–water partition coefficient (Wildman–Crippen LogP) is 3.71. The summed E-state index contributed by atoms with van der Waals surface area (Å²) in [6, 6.07) is 12.6. The minimum absolute atomic E-state index is 0.0544. The number of carbonyl (C=O) groups is 1. The largest absolute Gasteiger partial charge is 0.331 e. The molecule has 0 aromatic heterocycles. The molecule has 0 unspecified atom stereocenters. The predicted molar refractivity (Wildman–Crippen MR) is 104 cm³/mol. The Morgan fingerprint density at radius 1 is 1.22 bits per heavy atom. The Labute approximate surface area is 163 Å². The molecular formula is C20H19ClFNO3S. The van der Waals surface area contributed by atoms with Crippen LogP contribution in [0.4, 0.5) is 4.39 Å². The van der Waals surface area contributed by atoms with E-state index in [1.54, 1.807) is 36.4 Å². The second-order valence-corrected chi connectivity index (χ2v) is 9.14. The van der Waals surface area contributed by atoms with Gasteiger partial charge in [-0.15, -0.1) is 0 Å². The highest BCUT2D eigenvalue weighted by atomic mass is 35.5. The SMILES string of the molecule is O=C(/C=C/c1ccccc1Cl)N(Cc1cccc(F)c1)[C@H]1CCS(=O)(=O)C1. The number of halogens is 2. The van der Waals surface area contributed by atoms with Crippen LogP contribution in [-0.4, -0.2) is 36.8 Å². The van der Waals surface area contributed by atoms with Gasteiger partial charge in [0.25, 0.3) is 0 Å². The minimum Gasteiger partial charge on any atom is -0.331 e. The van der Waals surface area contributed by atoms with Crippen LogP contribution in [0.25, 0.3) is 6.08 Å². The van der Waals surface area contributed by atoms with E-state index in [9.17, 15) is 17.6 Å². The molecule has 1 heterocycles. The van der Waals surface area contributed by atoms with Crippen molar-refractivity contribution in [3.05, 3.63) is 76.6 Å². The zero-order chi connectivity index (χ0) is 19.4. The van der Waals surface area contributed by atoms with Crippen LogP contribution in [0, 0.1) is 5.82 Å². The Kier molecular flexibility index (Phi) is 5.97. The van der Waals surface area contributed by atoms with Gasteiger partial charge < -0.3 is 4.90 Å². The lowest BCUT2D eigenvalue weighted by molar-refractivity contribution is -0.128. The summed E-state index contributed by atoms with van der Waals surface area (Å²) in [4.78, 5) is 14.3. The standard InChI is InChI=1S/C20H19ClFNO3S/c21-19-7-2-1-5-16(19)8-9-20(24)23(18-10-11-27(25,26)14-18)13-15-4-3-6-17(22)12-15/h1-9,12,18H,10-11,13-14H2/b9-8+/t18-/m0/s1. The highest BCUT2D eigenvalue weighted by Gasteiger charge is 2.34. The number of carbonyl (C=O) groups excluding carboxylic acids is 1. The van der Waals surface area contributed by atoms with Gasteiger partial charge in [0.05, 0.1) is 11.5 Å². The second-order valence-electron chi connectivity index (χ2n) is 6.51. The lowest BCUT2D eigenvalue weighted by atomic mass is 10.1. The van der Waals surface area contributed by atoms with E-state index >= 15 is 0 Å². The maximum absolute atomic E-state index is 13.5. The first-order valence-corrected chi connectivity index (χ1v) is 10.7. The molecule has 1 fully saturated rings. The number of hydrogen-bond acceptors (Lipinski definition) is 3. The number of sulfone groups is 1. The van der Waals surface area contributed by atoms with Gasteiger partial charge in [0.15, 0.2) is 9.84 Å². The van der Waals surface area contributed by atoms with Crippen LogP contribution in [0.3, 0.4) is 0 Å². The smallest absolute Gasteiger partial charge is 0.247 e. The van der Waals surface area contributed by atoms with Crippen LogP contribution in [0.5, 0.6) is 0 Å². The molecule has 0 N–H and O–H groups in total. The third-order valence-corrected chi connectivity index (χ3v) is 6.58. The molecule has 1 atom stereocenters. The Morgan fingerprint density at radius 3 is 2.67 bits per heavy atom. The summed E-state index contributed by atoms with van der Waals surface area (Å²) < 4.78 is 37.2. The van der Waals surface area contributed by atoms with Crippen molar-refractivity contribution in [3.63, 3.8) is 0 Å². The zero-order valence-electron chi connectivity index (χ0n) is 14.5. The number of hydrogen-bond donors (Lipinski definition) is 0. The first-order valence-electron chi connectivity index (χ1n) is 8.52. The van der Waals surface area contributed by atoms with E-state index in [-0.39, 0.29) is 24.0 Å². The molecule has 1 aliphatic heterocycles. The van der Waals surface area contributed by atoms with Crippen LogP contribution >= 0.6 is 11.6 Å². The van der Waals surface area contributed by atoms with Gasteiger partial charge in [-0.3, -0.25) is 4.79 Å². The summed E-state index contributed by atoms with van der Waals surface area (Å²) in [5.41, 5.74) is 1.30.